The molecule has 5 heteroatoms. The molecule has 130 valence electrons. The van der Waals surface area contributed by atoms with Gasteiger partial charge in [0.05, 0.1) is 12.5 Å². The van der Waals surface area contributed by atoms with Gasteiger partial charge in [0.25, 0.3) is 0 Å². The van der Waals surface area contributed by atoms with Gasteiger partial charge >= 0.3 is 5.97 Å². The Morgan fingerprint density at radius 2 is 1.76 bits per heavy atom. The van der Waals surface area contributed by atoms with E-state index in [4.69, 9.17) is 4.74 Å². The maximum Gasteiger partial charge on any atom is 0.326 e. The third-order valence-electron chi connectivity index (χ3n) is 4.42. The fourth-order valence-electron chi connectivity index (χ4n) is 2.93. The number of carboxylic acids is 1. The molecule has 3 rings (SSSR count). The zero-order valence-electron chi connectivity index (χ0n) is 13.9. The maximum atomic E-state index is 12.1. The molecule has 1 aliphatic rings. The highest BCUT2D eigenvalue weighted by Crippen LogP contribution is 2.20. The summed E-state index contributed by atoms with van der Waals surface area (Å²) in [5.41, 5.74) is 3.05. The van der Waals surface area contributed by atoms with Crippen LogP contribution in [0.1, 0.15) is 12.0 Å². The van der Waals surface area contributed by atoms with Crippen molar-refractivity contribution >= 4 is 11.9 Å². The SMILES string of the molecule is O=C(N[C@@H](Cc1ccc(-c2ccccc2)cc1)C(=O)O)[C@H]1CCOC1. The molecule has 2 N–H and O–H groups in total. The Hall–Kier alpha value is -2.66. The van der Waals surface area contributed by atoms with Crippen molar-refractivity contribution in [3.8, 4) is 11.1 Å². The van der Waals surface area contributed by atoms with E-state index in [1.807, 2.05) is 54.6 Å². The Balaban J connectivity index is 1.65. The van der Waals surface area contributed by atoms with E-state index < -0.39 is 12.0 Å². The molecule has 0 aromatic heterocycles. The van der Waals surface area contributed by atoms with Gasteiger partial charge in [-0.25, -0.2) is 4.79 Å². The van der Waals surface area contributed by atoms with Gasteiger partial charge < -0.3 is 15.2 Å². The molecule has 2 aromatic carbocycles. The number of nitrogens with one attached hydrogen (secondary N) is 1. The van der Waals surface area contributed by atoms with E-state index in [0.717, 1.165) is 16.7 Å². The van der Waals surface area contributed by atoms with Gasteiger partial charge in [0.2, 0.25) is 5.91 Å². The molecule has 1 heterocycles. The van der Waals surface area contributed by atoms with Crippen molar-refractivity contribution in [3.05, 3.63) is 60.2 Å². The minimum absolute atomic E-state index is 0.245. The fourth-order valence-corrected chi connectivity index (χ4v) is 2.93. The number of aliphatic carboxylic acids is 1. The van der Waals surface area contributed by atoms with Crippen LogP contribution in [0.2, 0.25) is 0 Å². The highest BCUT2D eigenvalue weighted by Gasteiger charge is 2.28. The summed E-state index contributed by atoms with van der Waals surface area (Å²) < 4.78 is 5.19. The molecule has 0 aliphatic carbocycles. The van der Waals surface area contributed by atoms with Gasteiger partial charge in [0.15, 0.2) is 0 Å². The Kier molecular flexibility index (Phi) is 5.46. The monoisotopic (exact) mass is 339 g/mol. The van der Waals surface area contributed by atoms with E-state index in [1.165, 1.54) is 0 Å². The van der Waals surface area contributed by atoms with Crippen LogP contribution >= 0.6 is 0 Å². The number of hydrogen-bond acceptors (Lipinski definition) is 3. The lowest BCUT2D eigenvalue weighted by molar-refractivity contribution is -0.142. The average molecular weight is 339 g/mol. The largest absolute Gasteiger partial charge is 0.480 e. The lowest BCUT2D eigenvalue weighted by atomic mass is 10.00. The highest BCUT2D eigenvalue weighted by atomic mass is 16.5. The Morgan fingerprint density at radius 3 is 2.36 bits per heavy atom. The second kappa shape index (κ2) is 7.94. The molecule has 0 unspecified atom stereocenters. The number of carboxylic acid groups (broad SMARTS) is 1. The lowest BCUT2D eigenvalue weighted by Gasteiger charge is -2.17. The maximum absolute atomic E-state index is 12.1. The molecular weight excluding hydrogens is 318 g/mol. The van der Waals surface area contributed by atoms with Crippen molar-refractivity contribution in [2.24, 2.45) is 5.92 Å². The summed E-state index contributed by atoms with van der Waals surface area (Å²) in [6.07, 6.45) is 0.896. The van der Waals surface area contributed by atoms with E-state index >= 15 is 0 Å². The molecule has 0 radical (unpaired) electrons. The summed E-state index contributed by atoms with van der Waals surface area (Å²) in [7, 11) is 0. The van der Waals surface area contributed by atoms with Gasteiger partial charge in [-0.05, 0) is 23.1 Å². The van der Waals surface area contributed by atoms with Crippen LogP contribution in [0, 0.1) is 5.92 Å². The first kappa shape index (κ1) is 17.2. The van der Waals surface area contributed by atoms with Crippen LogP contribution in [0.25, 0.3) is 11.1 Å². The van der Waals surface area contributed by atoms with Gasteiger partial charge in [0.1, 0.15) is 6.04 Å². The van der Waals surface area contributed by atoms with Crippen LogP contribution in [0.4, 0.5) is 0 Å². The molecule has 1 fully saturated rings. The smallest absolute Gasteiger partial charge is 0.326 e. The average Bonchev–Trinajstić information content (AvgIpc) is 3.17. The third kappa shape index (κ3) is 4.45. The van der Waals surface area contributed by atoms with Crippen molar-refractivity contribution in [3.63, 3.8) is 0 Å². The molecule has 0 bridgehead atoms. The first-order valence-corrected chi connectivity index (χ1v) is 8.39. The summed E-state index contributed by atoms with van der Waals surface area (Å²) in [6, 6.07) is 16.8. The topological polar surface area (TPSA) is 75.6 Å². The molecule has 2 aromatic rings. The van der Waals surface area contributed by atoms with Crippen molar-refractivity contribution in [1.82, 2.24) is 5.32 Å². The minimum Gasteiger partial charge on any atom is -0.480 e. The first-order valence-electron chi connectivity index (χ1n) is 8.39. The summed E-state index contributed by atoms with van der Waals surface area (Å²) in [4.78, 5) is 23.6. The first-order chi connectivity index (χ1) is 12.1. The van der Waals surface area contributed by atoms with Gasteiger partial charge in [-0.3, -0.25) is 4.79 Å². The molecule has 1 saturated heterocycles. The molecule has 25 heavy (non-hydrogen) atoms. The molecule has 0 saturated carbocycles. The molecule has 5 nitrogen and oxygen atoms in total. The summed E-state index contributed by atoms with van der Waals surface area (Å²) in [5, 5.41) is 12.0. The van der Waals surface area contributed by atoms with E-state index in [9.17, 15) is 14.7 Å². The van der Waals surface area contributed by atoms with Gasteiger partial charge in [-0.1, -0.05) is 54.6 Å². The van der Waals surface area contributed by atoms with Crippen LogP contribution in [0.3, 0.4) is 0 Å². The Morgan fingerprint density at radius 1 is 1.08 bits per heavy atom. The summed E-state index contributed by atoms with van der Waals surface area (Å²) >= 11 is 0. The molecule has 0 spiro atoms. The van der Waals surface area contributed by atoms with Crippen LogP contribution < -0.4 is 5.32 Å². The van der Waals surface area contributed by atoms with Gasteiger partial charge in [0, 0.05) is 13.0 Å². The Bertz CT molecular complexity index is 721. The van der Waals surface area contributed by atoms with E-state index in [-0.39, 0.29) is 18.2 Å². The molecule has 1 amide bonds. The highest BCUT2D eigenvalue weighted by molar-refractivity contribution is 5.85. The van der Waals surface area contributed by atoms with Crippen LogP contribution in [0.15, 0.2) is 54.6 Å². The zero-order valence-corrected chi connectivity index (χ0v) is 13.9. The fraction of sp³-hybridized carbons (Fsp3) is 0.300. The molecule has 1 aliphatic heterocycles. The molecule has 2 atom stereocenters. The van der Waals surface area contributed by atoms with Gasteiger partial charge in [-0.2, -0.15) is 0 Å². The van der Waals surface area contributed by atoms with Crippen molar-refractivity contribution in [2.75, 3.05) is 13.2 Å². The molecular formula is C20H21NO4. The van der Waals surface area contributed by atoms with Crippen LogP contribution in [0.5, 0.6) is 0 Å². The predicted octanol–water partition coefficient (Wildman–Crippen LogP) is 2.50. The van der Waals surface area contributed by atoms with Crippen molar-refractivity contribution in [1.29, 1.82) is 0 Å². The van der Waals surface area contributed by atoms with Crippen molar-refractivity contribution < 1.29 is 19.4 Å². The third-order valence-corrected chi connectivity index (χ3v) is 4.42. The zero-order chi connectivity index (χ0) is 17.6. The predicted molar refractivity (Wildman–Crippen MR) is 94.1 cm³/mol. The second-order valence-corrected chi connectivity index (χ2v) is 6.23. The van der Waals surface area contributed by atoms with Crippen molar-refractivity contribution in [2.45, 2.75) is 18.9 Å². The number of amides is 1. The van der Waals surface area contributed by atoms with Gasteiger partial charge in [-0.15, -0.1) is 0 Å². The summed E-state index contributed by atoms with van der Waals surface area (Å²) in [6.45, 7) is 0.917. The lowest BCUT2D eigenvalue weighted by Crippen LogP contribution is -2.45. The normalized spacial score (nSPS) is 17.8. The van der Waals surface area contributed by atoms with E-state index in [2.05, 4.69) is 5.32 Å². The van der Waals surface area contributed by atoms with E-state index in [0.29, 0.717) is 19.6 Å². The minimum atomic E-state index is -1.03. The van der Waals surface area contributed by atoms with Crippen LogP contribution in [-0.2, 0) is 20.7 Å². The second-order valence-electron chi connectivity index (χ2n) is 6.23. The number of benzene rings is 2. The standard InChI is InChI=1S/C20H21NO4/c22-19(17-10-11-25-13-17)21-18(20(23)24)12-14-6-8-16(9-7-14)15-4-2-1-3-5-15/h1-9,17-18H,10-13H2,(H,21,22)(H,23,24)/t17-,18-/m0/s1. The number of hydrogen-bond donors (Lipinski definition) is 2. The van der Waals surface area contributed by atoms with Crippen LogP contribution in [-0.4, -0.2) is 36.2 Å². The Labute approximate surface area is 146 Å². The quantitative estimate of drug-likeness (QED) is 0.848. The number of carbonyl (C=O) groups is 2. The number of rotatable bonds is 6. The summed E-state index contributed by atoms with van der Waals surface area (Å²) in [5.74, 6) is -1.52. The number of ether oxygens (including phenoxy) is 1. The van der Waals surface area contributed by atoms with E-state index in [1.54, 1.807) is 0 Å². The number of carbonyl (C=O) groups excluding carboxylic acids is 1.